The van der Waals surface area contributed by atoms with Crippen molar-refractivity contribution in [2.75, 3.05) is 26.8 Å². The Kier molecular flexibility index (Phi) is 11.0. The van der Waals surface area contributed by atoms with E-state index in [1.165, 1.54) is 5.56 Å². The number of benzene rings is 1. The van der Waals surface area contributed by atoms with Crippen LogP contribution < -0.4 is 10.6 Å². The monoisotopic (exact) mass is 487 g/mol. The second-order valence-electron chi connectivity index (χ2n) is 6.08. The van der Waals surface area contributed by atoms with Gasteiger partial charge in [0.15, 0.2) is 11.8 Å². The molecular formula is C19H30IN5O2. The van der Waals surface area contributed by atoms with Crippen LogP contribution in [0.15, 0.2) is 33.8 Å². The van der Waals surface area contributed by atoms with E-state index in [2.05, 4.69) is 51.7 Å². The van der Waals surface area contributed by atoms with Crippen molar-refractivity contribution < 1.29 is 9.26 Å². The molecule has 2 rings (SSSR count). The third kappa shape index (κ3) is 7.84. The molecule has 7 nitrogen and oxygen atoms in total. The maximum atomic E-state index is 5.27. The fraction of sp³-hybridized carbons (Fsp3) is 0.526. The van der Waals surface area contributed by atoms with E-state index >= 15 is 0 Å². The third-order valence-corrected chi connectivity index (χ3v) is 3.80. The van der Waals surface area contributed by atoms with Gasteiger partial charge in [0.1, 0.15) is 0 Å². The number of ether oxygens (including phenoxy) is 1. The van der Waals surface area contributed by atoms with Gasteiger partial charge < -0.3 is 19.9 Å². The summed E-state index contributed by atoms with van der Waals surface area (Å²) in [5, 5.41) is 10.5. The molecule has 27 heavy (non-hydrogen) atoms. The highest BCUT2D eigenvalue weighted by molar-refractivity contribution is 14.0. The lowest BCUT2D eigenvalue weighted by molar-refractivity contribution is 0.179. The summed E-state index contributed by atoms with van der Waals surface area (Å²) in [6.07, 6.45) is 1.63. The Bertz CT molecular complexity index is 688. The van der Waals surface area contributed by atoms with Crippen molar-refractivity contribution in [2.24, 2.45) is 4.99 Å². The molecule has 0 aliphatic carbocycles. The van der Waals surface area contributed by atoms with Crippen LogP contribution in [-0.4, -0.2) is 48.9 Å². The standard InChI is InChI=1S/C19H29N5O2.HI/c1-5-17-23-18(26-24-17)16-9-7-15(8-10-16)11-12-21-19(20-6-2)22-14(3)13-25-4;/h7-10,14H,5-6,11-13H2,1-4H3,(H2,20,21,22);1H. The van der Waals surface area contributed by atoms with Crippen molar-refractivity contribution in [1.29, 1.82) is 0 Å². The second kappa shape index (κ2) is 12.7. The zero-order chi connectivity index (χ0) is 18.8. The molecule has 8 heteroatoms. The van der Waals surface area contributed by atoms with E-state index < -0.39 is 0 Å². The summed E-state index contributed by atoms with van der Waals surface area (Å²) in [4.78, 5) is 8.97. The van der Waals surface area contributed by atoms with E-state index in [4.69, 9.17) is 9.26 Å². The van der Waals surface area contributed by atoms with Gasteiger partial charge in [-0.3, -0.25) is 4.99 Å². The van der Waals surface area contributed by atoms with Gasteiger partial charge in [-0.2, -0.15) is 4.98 Å². The van der Waals surface area contributed by atoms with Crippen LogP contribution in [0.5, 0.6) is 0 Å². The Morgan fingerprint density at radius 1 is 1.26 bits per heavy atom. The molecule has 0 spiro atoms. The Labute approximate surface area is 178 Å². The number of hydrogen-bond donors (Lipinski definition) is 2. The normalized spacial score (nSPS) is 12.4. The summed E-state index contributed by atoms with van der Waals surface area (Å²) in [5.41, 5.74) is 2.15. The van der Waals surface area contributed by atoms with Crippen LogP contribution in [0.25, 0.3) is 11.5 Å². The van der Waals surface area contributed by atoms with Crippen LogP contribution in [0.3, 0.4) is 0 Å². The minimum atomic E-state index is 0. The highest BCUT2D eigenvalue weighted by Crippen LogP contribution is 2.18. The number of rotatable bonds is 9. The molecule has 1 heterocycles. The van der Waals surface area contributed by atoms with Gasteiger partial charge in [-0.1, -0.05) is 24.2 Å². The number of halogens is 1. The van der Waals surface area contributed by atoms with Crippen LogP contribution in [0, 0.1) is 0 Å². The number of guanidine groups is 1. The number of aryl methyl sites for hydroxylation is 1. The summed E-state index contributed by atoms with van der Waals surface area (Å²) in [6.45, 7) is 8.29. The first-order chi connectivity index (χ1) is 12.7. The van der Waals surface area contributed by atoms with Gasteiger partial charge in [0.2, 0.25) is 0 Å². The highest BCUT2D eigenvalue weighted by atomic mass is 127. The molecule has 0 fully saturated rings. The van der Waals surface area contributed by atoms with Crippen molar-refractivity contribution in [2.45, 2.75) is 39.7 Å². The van der Waals surface area contributed by atoms with Crippen LogP contribution in [-0.2, 0) is 17.6 Å². The van der Waals surface area contributed by atoms with Gasteiger partial charge in [0.25, 0.3) is 5.89 Å². The number of aliphatic imine (C=N–C) groups is 1. The molecule has 0 aliphatic rings. The molecule has 0 aliphatic heterocycles. The van der Waals surface area contributed by atoms with E-state index in [0.717, 1.165) is 36.7 Å². The first-order valence-electron chi connectivity index (χ1n) is 9.11. The molecule has 0 saturated carbocycles. The minimum Gasteiger partial charge on any atom is -0.383 e. The number of nitrogens with zero attached hydrogens (tertiary/aromatic N) is 3. The van der Waals surface area contributed by atoms with Crippen molar-refractivity contribution in [1.82, 2.24) is 20.8 Å². The third-order valence-electron chi connectivity index (χ3n) is 3.80. The minimum absolute atomic E-state index is 0. The lowest BCUT2D eigenvalue weighted by atomic mass is 10.1. The Balaban J connectivity index is 0.00000364. The van der Waals surface area contributed by atoms with Gasteiger partial charge in [-0.25, -0.2) is 0 Å². The summed E-state index contributed by atoms with van der Waals surface area (Å²) in [5.74, 6) is 2.10. The van der Waals surface area contributed by atoms with Gasteiger partial charge in [0.05, 0.1) is 6.61 Å². The average Bonchev–Trinajstić information content (AvgIpc) is 3.12. The summed E-state index contributed by atoms with van der Waals surface area (Å²) >= 11 is 0. The van der Waals surface area contributed by atoms with E-state index in [9.17, 15) is 0 Å². The SMILES string of the molecule is CCNC(=NCCc1ccc(-c2nc(CC)no2)cc1)NC(C)COC.I. The summed E-state index contributed by atoms with van der Waals surface area (Å²) < 4.78 is 10.4. The smallest absolute Gasteiger partial charge is 0.257 e. The first-order valence-corrected chi connectivity index (χ1v) is 9.11. The van der Waals surface area contributed by atoms with Gasteiger partial charge >= 0.3 is 0 Å². The number of nitrogens with one attached hydrogen (secondary N) is 2. The van der Waals surface area contributed by atoms with E-state index in [1.54, 1.807) is 7.11 Å². The fourth-order valence-corrected chi connectivity index (χ4v) is 2.47. The Hall–Kier alpha value is -1.68. The van der Waals surface area contributed by atoms with E-state index in [-0.39, 0.29) is 30.0 Å². The predicted molar refractivity (Wildman–Crippen MR) is 119 cm³/mol. The maximum absolute atomic E-state index is 5.27. The van der Waals surface area contributed by atoms with E-state index in [1.807, 2.05) is 19.1 Å². The van der Waals surface area contributed by atoms with Crippen molar-refractivity contribution in [3.8, 4) is 11.5 Å². The zero-order valence-electron chi connectivity index (χ0n) is 16.5. The molecule has 0 bridgehead atoms. The van der Waals surface area contributed by atoms with Gasteiger partial charge in [-0.05, 0) is 38.0 Å². The molecule has 0 radical (unpaired) electrons. The van der Waals surface area contributed by atoms with E-state index in [0.29, 0.717) is 19.0 Å². The topological polar surface area (TPSA) is 84.6 Å². The second-order valence-corrected chi connectivity index (χ2v) is 6.08. The summed E-state index contributed by atoms with van der Waals surface area (Å²) in [6, 6.07) is 8.38. The number of hydrogen-bond acceptors (Lipinski definition) is 5. The number of aromatic nitrogens is 2. The molecule has 0 amide bonds. The molecule has 1 unspecified atom stereocenters. The van der Waals surface area contributed by atoms with Crippen LogP contribution >= 0.6 is 24.0 Å². The van der Waals surface area contributed by atoms with Gasteiger partial charge in [-0.15, -0.1) is 24.0 Å². The van der Waals surface area contributed by atoms with Gasteiger partial charge in [0, 0.05) is 38.2 Å². The molecular weight excluding hydrogens is 457 g/mol. The molecule has 150 valence electrons. The molecule has 1 aromatic carbocycles. The van der Waals surface area contributed by atoms with Crippen molar-refractivity contribution >= 4 is 29.9 Å². The predicted octanol–water partition coefficient (Wildman–Crippen LogP) is 3.05. The number of methoxy groups -OCH3 is 1. The molecule has 2 aromatic rings. The lowest BCUT2D eigenvalue weighted by Crippen LogP contribution is -2.44. The Morgan fingerprint density at radius 2 is 2.00 bits per heavy atom. The summed E-state index contributed by atoms with van der Waals surface area (Å²) in [7, 11) is 1.70. The molecule has 1 atom stereocenters. The van der Waals surface area contributed by atoms with Crippen LogP contribution in [0.2, 0.25) is 0 Å². The average molecular weight is 487 g/mol. The molecule has 1 aromatic heterocycles. The first kappa shape index (κ1) is 23.4. The van der Waals surface area contributed by atoms with Crippen LogP contribution in [0.4, 0.5) is 0 Å². The Morgan fingerprint density at radius 3 is 2.59 bits per heavy atom. The fourth-order valence-electron chi connectivity index (χ4n) is 2.47. The molecule has 0 saturated heterocycles. The molecule has 2 N–H and O–H groups in total. The maximum Gasteiger partial charge on any atom is 0.257 e. The quantitative estimate of drug-likeness (QED) is 0.322. The van der Waals surface area contributed by atoms with Crippen molar-refractivity contribution in [3.63, 3.8) is 0 Å². The lowest BCUT2D eigenvalue weighted by Gasteiger charge is -2.16. The van der Waals surface area contributed by atoms with Crippen LogP contribution in [0.1, 0.15) is 32.2 Å². The highest BCUT2D eigenvalue weighted by Gasteiger charge is 2.07. The zero-order valence-corrected chi connectivity index (χ0v) is 18.8. The van der Waals surface area contributed by atoms with Crippen molar-refractivity contribution in [3.05, 3.63) is 35.7 Å². The largest absolute Gasteiger partial charge is 0.383 e.